The number of phenolic OH excluding ortho intramolecular Hbond substituents is 1. The maximum atomic E-state index is 12.6. The van der Waals surface area contributed by atoms with Crippen LogP contribution in [0, 0.1) is 0 Å². The Hall–Kier alpha value is -3.70. The number of likely N-dealkylation sites (tertiary alicyclic amines) is 2. The standard InChI is InChI=1S/C18H19NO4.C17H17NO4/c1-19-8-7-17-14-10-3-4-12(22-2)15(14)23-16(17)11(20)5-6-18(17,21)13(19)9-10;1-18-7-6-16-13-9-2-3-10(19)14(13)22-15(16)11(20)4-5-17(16,21)12(18)8-9/h3-6,13,16,21H,7-9H2,1-2H3;2-5,12,15,19,21H,6-8H2,1H3/t13-,16+,17+,18-;12-,15+,16+,17-/m11/s1. The average molecular weight is 613 g/mol. The predicted octanol–water partition coefficient (Wildman–Crippen LogP) is 1.35. The van der Waals surface area contributed by atoms with Gasteiger partial charge in [0.15, 0.2) is 46.8 Å². The zero-order valence-corrected chi connectivity index (χ0v) is 25.4. The van der Waals surface area contributed by atoms with Gasteiger partial charge >= 0.3 is 0 Å². The highest BCUT2D eigenvalue weighted by Gasteiger charge is 2.73. The van der Waals surface area contributed by atoms with Gasteiger partial charge in [0.05, 0.1) is 17.9 Å². The van der Waals surface area contributed by atoms with E-state index < -0.39 is 34.2 Å². The fraction of sp³-hybridized carbons (Fsp3) is 0.486. The summed E-state index contributed by atoms with van der Waals surface area (Å²) in [4.78, 5) is 29.4. The first-order valence-corrected chi connectivity index (χ1v) is 15.7. The van der Waals surface area contributed by atoms with Crippen LogP contribution >= 0.6 is 0 Å². The van der Waals surface area contributed by atoms with Crippen LogP contribution in [0.15, 0.2) is 48.6 Å². The average Bonchev–Trinajstić information content (AvgIpc) is 3.57. The third-order valence-corrected chi connectivity index (χ3v) is 12.5. The summed E-state index contributed by atoms with van der Waals surface area (Å²) in [5.41, 5.74) is 0.402. The summed E-state index contributed by atoms with van der Waals surface area (Å²) in [5, 5.41) is 33.4. The fourth-order valence-corrected chi connectivity index (χ4v) is 10.4. The number of hydrogen-bond acceptors (Lipinski definition) is 10. The van der Waals surface area contributed by atoms with E-state index in [0.29, 0.717) is 36.5 Å². The molecule has 8 atom stereocenters. The van der Waals surface area contributed by atoms with Crippen LogP contribution in [0.4, 0.5) is 0 Å². The van der Waals surface area contributed by atoms with E-state index in [-0.39, 0.29) is 29.4 Å². The number of benzene rings is 2. The van der Waals surface area contributed by atoms with Crippen LogP contribution in [-0.4, -0.2) is 106 Å². The molecule has 2 spiro atoms. The van der Waals surface area contributed by atoms with Crippen molar-refractivity contribution in [1.29, 1.82) is 0 Å². The Bertz CT molecular complexity index is 1790. The summed E-state index contributed by atoms with van der Waals surface area (Å²) in [5.74, 6) is 1.53. The summed E-state index contributed by atoms with van der Waals surface area (Å²) >= 11 is 0. The van der Waals surface area contributed by atoms with Crippen molar-refractivity contribution in [1.82, 2.24) is 9.80 Å². The highest BCUT2D eigenvalue weighted by Crippen LogP contribution is 2.65. The molecule has 0 amide bonds. The number of carbonyl (C=O) groups excluding carboxylic acids is 2. The van der Waals surface area contributed by atoms with Gasteiger partial charge in [-0.2, -0.15) is 0 Å². The number of aliphatic hydroxyl groups is 2. The van der Waals surface area contributed by atoms with E-state index in [0.717, 1.165) is 41.8 Å². The Labute approximate surface area is 260 Å². The zero-order valence-electron chi connectivity index (χ0n) is 25.4. The Balaban J connectivity index is 0.000000125. The molecule has 4 heterocycles. The monoisotopic (exact) mass is 612 g/mol. The molecule has 10 nitrogen and oxygen atoms in total. The van der Waals surface area contributed by atoms with Gasteiger partial charge in [-0.15, -0.1) is 0 Å². The molecule has 4 aliphatic heterocycles. The lowest BCUT2D eigenvalue weighted by Crippen LogP contribution is -2.74. The van der Waals surface area contributed by atoms with Crippen LogP contribution in [0.5, 0.6) is 23.0 Å². The van der Waals surface area contributed by atoms with Crippen LogP contribution < -0.4 is 14.2 Å². The summed E-state index contributed by atoms with van der Waals surface area (Å²) in [6.07, 6.45) is 7.71. The van der Waals surface area contributed by atoms with Crippen LogP contribution in [0.1, 0.15) is 35.1 Å². The maximum Gasteiger partial charge on any atom is 0.196 e. The van der Waals surface area contributed by atoms with Gasteiger partial charge in [0, 0.05) is 23.2 Å². The van der Waals surface area contributed by atoms with Crippen LogP contribution in [0.25, 0.3) is 0 Å². The minimum atomic E-state index is -1.13. The lowest BCUT2D eigenvalue weighted by atomic mass is 9.51. The molecule has 0 aromatic heterocycles. The van der Waals surface area contributed by atoms with Crippen LogP contribution in [-0.2, 0) is 33.3 Å². The number of methoxy groups -OCH3 is 1. The normalized spacial score (nSPS) is 40.6. The maximum absolute atomic E-state index is 12.6. The molecule has 4 bridgehead atoms. The van der Waals surface area contributed by atoms with Crippen molar-refractivity contribution in [3.05, 3.63) is 70.8 Å². The van der Waals surface area contributed by atoms with Crippen molar-refractivity contribution in [3.8, 4) is 23.0 Å². The molecular weight excluding hydrogens is 576 g/mol. The second-order valence-corrected chi connectivity index (χ2v) is 14.0. The third kappa shape index (κ3) is 2.92. The van der Waals surface area contributed by atoms with Crippen molar-refractivity contribution >= 4 is 11.6 Å². The third-order valence-electron chi connectivity index (χ3n) is 12.5. The molecule has 8 aliphatic rings. The lowest BCUT2D eigenvalue weighted by molar-refractivity contribution is -0.151. The molecule has 0 unspecified atom stereocenters. The van der Waals surface area contributed by atoms with Gasteiger partial charge in [-0.1, -0.05) is 12.1 Å². The van der Waals surface area contributed by atoms with Gasteiger partial charge < -0.3 is 29.5 Å². The molecule has 234 valence electrons. The Kier molecular flexibility index (Phi) is 5.25. The first kappa shape index (κ1) is 27.6. The molecule has 3 N–H and O–H groups in total. The molecule has 2 saturated heterocycles. The number of likely N-dealkylation sites (N-methyl/N-ethyl adjacent to an activating group) is 2. The van der Waals surface area contributed by atoms with Gasteiger partial charge in [-0.05, 0) is 100 Å². The smallest absolute Gasteiger partial charge is 0.196 e. The minimum absolute atomic E-state index is 0.0430. The molecule has 0 saturated carbocycles. The molecule has 2 aromatic rings. The van der Waals surface area contributed by atoms with Crippen molar-refractivity contribution < 1.29 is 39.1 Å². The van der Waals surface area contributed by atoms with Gasteiger partial charge in [0.2, 0.25) is 0 Å². The molecule has 10 heteroatoms. The van der Waals surface area contributed by atoms with Crippen LogP contribution in [0.3, 0.4) is 0 Å². The van der Waals surface area contributed by atoms with Crippen molar-refractivity contribution in [3.63, 3.8) is 0 Å². The summed E-state index contributed by atoms with van der Waals surface area (Å²) in [6.45, 7) is 1.63. The molecule has 0 radical (unpaired) electrons. The van der Waals surface area contributed by atoms with Gasteiger partial charge in [-0.3, -0.25) is 19.4 Å². The summed E-state index contributed by atoms with van der Waals surface area (Å²) in [6, 6.07) is 7.36. The minimum Gasteiger partial charge on any atom is -0.504 e. The van der Waals surface area contributed by atoms with Crippen LogP contribution in [0.2, 0.25) is 0 Å². The molecule has 2 aromatic carbocycles. The first-order valence-electron chi connectivity index (χ1n) is 15.7. The number of ketones is 2. The molecule has 4 aliphatic carbocycles. The SMILES string of the molecule is CN1CC[C@]23c4c5ccc(O)c4O[C@H]2C(=O)C=C[C@@]3(O)[C@H]1C5.COc1ccc2c3c1O[C@H]1C(=O)C=C[C@@]4(O)[C@@H](C2)N(C)CC[C@]314. The number of piperidine rings is 2. The number of ether oxygens (including phenoxy) is 3. The lowest BCUT2D eigenvalue weighted by Gasteiger charge is -2.60. The van der Waals surface area contributed by atoms with E-state index in [9.17, 15) is 24.9 Å². The number of nitrogens with zero attached hydrogens (tertiary/aromatic N) is 2. The van der Waals surface area contributed by atoms with E-state index in [4.69, 9.17) is 14.2 Å². The number of hydrogen-bond donors (Lipinski definition) is 3. The zero-order chi connectivity index (χ0) is 31.3. The summed E-state index contributed by atoms with van der Waals surface area (Å²) < 4.78 is 17.5. The second kappa shape index (κ2) is 8.55. The highest BCUT2D eigenvalue weighted by atomic mass is 16.5. The number of phenols is 1. The van der Waals surface area contributed by atoms with Gasteiger partial charge in [0.1, 0.15) is 11.2 Å². The van der Waals surface area contributed by atoms with Crippen molar-refractivity contribution in [2.45, 2.75) is 72.0 Å². The van der Waals surface area contributed by atoms with Crippen molar-refractivity contribution in [2.75, 3.05) is 34.3 Å². The van der Waals surface area contributed by atoms with E-state index >= 15 is 0 Å². The van der Waals surface area contributed by atoms with E-state index in [1.807, 2.05) is 26.2 Å². The molecule has 45 heavy (non-hydrogen) atoms. The Morgan fingerprint density at radius 3 is 1.80 bits per heavy atom. The predicted molar refractivity (Wildman–Crippen MR) is 161 cm³/mol. The quantitative estimate of drug-likeness (QED) is 0.434. The van der Waals surface area contributed by atoms with E-state index in [1.165, 1.54) is 12.2 Å². The molecular formula is C35H36N2O8. The van der Waals surface area contributed by atoms with E-state index in [1.54, 1.807) is 25.3 Å². The van der Waals surface area contributed by atoms with E-state index in [2.05, 4.69) is 15.9 Å². The topological polar surface area (TPSA) is 129 Å². The van der Waals surface area contributed by atoms with Gasteiger partial charge in [0.25, 0.3) is 0 Å². The van der Waals surface area contributed by atoms with Crippen molar-refractivity contribution in [2.24, 2.45) is 0 Å². The Morgan fingerprint density at radius 1 is 0.778 bits per heavy atom. The number of aromatic hydroxyl groups is 1. The molecule has 2 fully saturated rings. The Morgan fingerprint density at radius 2 is 1.27 bits per heavy atom. The van der Waals surface area contributed by atoms with Gasteiger partial charge in [-0.25, -0.2) is 0 Å². The fourth-order valence-electron chi connectivity index (χ4n) is 10.4. The molecule has 10 rings (SSSR count). The first-order chi connectivity index (χ1) is 21.5. The highest BCUT2D eigenvalue weighted by molar-refractivity contribution is 5.99. The number of rotatable bonds is 1. The number of carbonyl (C=O) groups is 2. The largest absolute Gasteiger partial charge is 0.504 e. The summed E-state index contributed by atoms with van der Waals surface area (Å²) in [7, 11) is 5.66. The second-order valence-electron chi connectivity index (χ2n) is 14.0.